The van der Waals surface area contributed by atoms with Gasteiger partial charge in [-0.1, -0.05) is 6.92 Å². The van der Waals surface area contributed by atoms with Gasteiger partial charge >= 0.3 is 0 Å². The van der Waals surface area contributed by atoms with Crippen molar-refractivity contribution >= 4 is 28.6 Å². The standard InChI is InChI=1S/C13H14N2OS/c1-2-9-7-8-17-12(9)13(16)15-11-5-3-10(14)4-6-11/h3-8H,2,14H2,1H3,(H,15,16). The van der Waals surface area contributed by atoms with Gasteiger partial charge in [0, 0.05) is 11.4 Å². The van der Waals surface area contributed by atoms with Crippen LogP contribution in [-0.2, 0) is 6.42 Å². The minimum absolute atomic E-state index is 0.0541. The molecule has 0 fully saturated rings. The monoisotopic (exact) mass is 246 g/mol. The molecule has 88 valence electrons. The van der Waals surface area contributed by atoms with E-state index in [0.717, 1.165) is 22.5 Å². The second kappa shape index (κ2) is 5.01. The van der Waals surface area contributed by atoms with Crippen molar-refractivity contribution in [3.8, 4) is 0 Å². The Morgan fingerprint density at radius 2 is 2.00 bits per heavy atom. The number of thiophene rings is 1. The summed E-state index contributed by atoms with van der Waals surface area (Å²) in [4.78, 5) is 12.8. The highest BCUT2D eigenvalue weighted by molar-refractivity contribution is 7.12. The number of nitrogens with one attached hydrogen (secondary N) is 1. The third-order valence-electron chi connectivity index (χ3n) is 2.50. The van der Waals surface area contributed by atoms with Crippen LogP contribution in [0.3, 0.4) is 0 Å². The topological polar surface area (TPSA) is 55.1 Å². The molecule has 0 spiro atoms. The molecule has 4 heteroatoms. The van der Waals surface area contributed by atoms with E-state index >= 15 is 0 Å². The maximum absolute atomic E-state index is 12.0. The van der Waals surface area contributed by atoms with Crippen LogP contribution in [0.1, 0.15) is 22.2 Å². The van der Waals surface area contributed by atoms with E-state index in [0.29, 0.717) is 5.69 Å². The van der Waals surface area contributed by atoms with Crippen LogP contribution < -0.4 is 11.1 Å². The lowest BCUT2D eigenvalue weighted by molar-refractivity contribution is 0.103. The number of nitrogens with two attached hydrogens (primary N) is 1. The summed E-state index contributed by atoms with van der Waals surface area (Å²) in [6, 6.07) is 9.12. The van der Waals surface area contributed by atoms with E-state index in [1.165, 1.54) is 11.3 Å². The second-order valence-corrected chi connectivity index (χ2v) is 4.62. The first kappa shape index (κ1) is 11.7. The van der Waals surface area contributed by atoms with Crippen LogP contribution in [0.2, 0.25) is 0 Å². The molecule has 0 aliphatic carbocycles. The van der Waals surface area contributed by atoms with Gasteiger partial charge in [-0.25, -0.2) is 0 Å². The fourth-order valence-corrected chi connectivity index (χ4v) is 2.46. The predicted octanol–water partition coefficient (Wildman–Crippen LogP) is 3.15. The molecule has 1 heterocycles. The molecule has 1 aromatic heterocycles. The molecule has 3 N–H and O–H groups in total. The van der Waals surface area contributed by atoms with Gasteiger partial charge in [-0.3, -0.25) is 4.79 Å². The molecule has 2 aromatic rings. The number of carbonyl (C=O) groups excluding carboxylic acids is 1. The number of hydrogen-bond acceptors (Lipinski definition) is 3. The maximum atomic E-state index is 12.0. The molecule has 0 saturated carbocycles. The highest BCUT2D eigenvalue weighted by Gasteiger charge is 2.11. The molecular formula is C13H14N2OS. The fraction of sp³-hybridized carbons (Fsp3) is 0.154. The molecule has 0 saturated heterocycles. The predicted molar refractivity (Wildman–Crippen MR) is 72.5 cm³/mol. The average molecular weight is 246 g/mol. The minimum atomic E-state index is -0.0541. The van der Waals surface area contributed by atoms with Crippen molar-refractivity contribution < 1.29 is 4.79 Å². The lowest BCUT2D eigenvalue weighted by Gasteiger charge is -2.05. The van der Waals surface area contributed by atoms with Crippen LogP contribution >= 0.6 is 11.3 Å². The summed E-state index contributed by atoms with van der Waals surface area (Å²) in [5.74, 6) is -0.0541. The van der Waals surface area contributed by atoms with Gasteiger partial charge in [0.2, 0.25) is 0 Å². The van der Waals surface area contributed by atoms with E-state index in [4.69, 9.17) is 5.73 Å². The lowest BCUT2D eigenvalue weighted by atomic mass is 10.2. The fourth-order valence-electron chi connectivity index (χ4n) is 1.57. The molecule has 1 amide bonds. The molecule has 0 radical (unpaired) electrons. The van der Waals surface area contributed by atoms with Crippen molar-refractivity contribution in [2.75, 3.05) is 11.1 Å². The van der Waals surface area contributed by atoms with Crippen LogP contribution in [0, 0.1) is 0 Å². The molecule has 0 aliphatic heterocycles. The first-order valence-corrected chi connectivity index (χ1v) is 6.32. The highest BCUT2D eigenvalue weighted by Crippen LogP contribution is 2.19. The van der Waals surface area contributed by atoms with Crippen molar-refractivity contribution in [3.05, 3.63) is 46.2 Å². The lowest BCUT2D eigenvalue weighted by Crippen LogP contribution is -2.11. The first-order valence-electron chi connectivity index (χ1n) is 5.44. The largest absolute Gasteiger partial charge is 0.399 e. The molecular weight excluding hydrogens is 232 g/mol. The van der Waals surface area contributed by atoms with Crippen molar-refractivity contribution in [2.45, 2.75) is 13.3 Å². The molecule has 0 bridgehead atoms. The zero-order valence-electron chi connectivity index (χ0n) is 9.57. The number of aryl methyl sites for hydroxylation is 1. The number of carbonyl (C=O) groups is 1. The Hall–Kier alpha value is -1.81. The third-order valence-corrected chi connectivity index (χ3v) is 3.46. The number of benzene rings is 1. The summed E-state index contributed by atoms with van der Waals surface area (Å²) in [5.41, 5.74) is 8.12. The Bertz CT molecular complexity index is 516. The minimum Gasteiger partial charge on any atom is -0.399 e. The number of rotatable bonds is 3. The van der Waals surface area contributed by atoms with Crippen molar-refractivity contribution in [2.24, 2.45) is 0 Å². The van der Waals surface area contributed by atoms with Gasteiger partial charge in [0.15, 0.2) is 0 Å². The van der Waals surface area contributed by atoms with E-state index in [1.807, 2.05) is 18.4 Å². The smallest absolute Gasteiger partial charge is 0.266 e. The molecule has 17 heavy (non-hydrogen) atoms. The molecule has 1 aromatic carbocycles. The molecule has 0 aliphatic rings. The first-order chi connectivity index (χ1) is 8.20. The number of nitrogen functional groups attached to an aromatic ring is 1. The van der Waals surface area contributed by atoms with Crippen LogP contribution in [0.25, 0.3) is 0 Å². The second-order valence-electron chi connectivity index (χ2n) is 3.70. The average Bonchev–Trinajstić information content (AvgIpc) is 2.80. The molecule has 3 nitrogen and oxygen atoms in total. The van der Waals surface area contributed by atoms with E-state index in [-0.39, 0.29) is 5.91 Å². The van der Waals surface area contributed by atoms with Gasteiger partial charge in [0.1, 0.15) is 0 Å². The molecule has 0 atom stereocenters. The van der Waals surface area contributed by atoms with Gasteiger partial charge in [-0.15, -0.1) is 11.3 Å². The van der Waals surface area contributed by atoms with Gasteiger partial charge in [0.25, 0.3) is 5.91 Å². The maximum Gasteiger partial charge on any atom is 0.266 e. The van der Waals surface area contributed by atoms with Gasteiger partial charge in [0.05, 0.1) is 4.88 Å². The van der Waals surface area contributed by atoms with Crippen molar-refractivity contribution in [1.82, 2.24) is 0 Å². The van der Waals surface area contributed by atoms with E-state index < -0.39 is 0 Å². The molecule has 0 unspecified atom stereocenters. The Morgan fingerprint density at radius 1 is 1.29 bits per heavy atom. The van der Waals surface area contributed by atoms with Crippen molar-refractivity contribution in [3.63, 3.8) is 0 Å². The van der Waals surface area contributed by atoms with Gasteiger partial charge < -0.3 is 11.1 Å². The van der Waals surface area contributed by atoms with Crippen LogP contribution in [0.4, 0.5) is 11.4 Å². The summed E-state index contributed by atoms with van der Waals surface area (Å²) >= 11 is 1.47. The molecule has 2 rings (SSSR count). The Labute approximate surface area is 104 Å². The van der Waals surface area contributed by atoms with Crippen LogP contribution in [0.15, 0.2) is 35.7 Å². The summed E-state index contributed by atoms with van der Waals surface area (Å²) in [5, 5.41) is 4.80. The van der Waals surface area contributed by atoms with E-state index in [9.17, 15) is 4.79 Å². The Kier molecular flexibility index (Phi) is 3.44. The summed E-state index contributed by atoms with van der Waals surface area (Å²) in [6.45, 7) is 2.04. The SMILES string of the molecule is CCc1ccsc1C(=O)Nc1ccc(N)cc1. The van der Waals surface area contributed by atoms with Crippen molar-refractivity contribution in [1.29, 1.82) is 0 Å². The highest BCUT2D eigenvalue weighted by atomic mass is 32.1. The summed E-state index contributed by atoms with van der Waals surface area (Å²) in [6.07, 6.45) is 0.869. The van der Waals surface area contributed by atoms with Gasteiger partial charge in [-0.2, -0.15) is 0 Å². The summed E-state index contributed by atoms with van der Waals surface area (Å²) in [7, 11) is 0. The third kappa shape index (κ3) is 2.65. The van der Waals surface area contributed by atoms with Crippen LogP contribution in [0.5, 0.6) is 0 Å². The van der Waals surface area contributed by atoms with Crippen LogP contribution in [-0.4, -0.2) is 5.91 Å². The number of anilines is 2. The Balaban J connectivity index is 2.14. The zero-order chi connectivity index (χ0) is 12.3. The normalized spacial score (nSPS) is 10.2. The quantitative estimate of drug-likeness (QED) is 0.817. The van der Waals surface area contributed by atoms with E-state index in [1.54, 1.807) is 24.3 Å². The van der Waals surface area contributed by atoms with E-state index in [2.05, 4.69) is 5.32 Å². The Morgan fingerprint density at radius 3 is 2.65 bits per heavy atom. The zero-order valence-corrected chi connectivity index (χ0v) is 10.4. The summed E-state index contributed by atoms with van der Waals surface area (Å²) < 4.78 is 0. The van der Waals surface area contributed by atoms with Gasteiger partial charge in [-0.05, 0) is 47.7 Å². The number of amides is 1. The number of hydrogen-bond donors (Lipinski definition) is 2.